The van der Waals surface area contributed by atoms with E-state index in [1.54, 1.807) is 22.8 Å². The Morgan fingerprint density at radius 3 is 2.57 bits per heavy atom. The number of alkyl halides is 2. The second kappa shape index (κ2) is 8.39. The lowest BCUT2D eigenvalue weighted by molar-refractivity contribution is 0.0678. The largest absolute Gasteiger partial charge is 0.319 e. The third-order valence-corrected chi connectivity index (χ3v) is 5.77. The quantitative estimate of drug-likeness (QED) is 0.306. The second-order valence-corrected chi connectivity index (χ2v) is 8.03. The lowest BCUT2D eigenvalue weighted by Crippen LogP contribution is -2.23. The molecule has 0 amide bonds. The van der Waals surface area contributed by atoms with Gasteiger partial charge in [0.05, 0.1) is 22.3 Å². The highest BCUT2D eigenvalue weighted by Gasteiger charge is 2.18. The molecule has 30 heavy (non-hydrogen) atoms. The molecule has 4 aromatic rings. The molecule has 0 atom stereocenters. The van der Waals surface area contributed by atoms with Gasteiger partial charge in [0.25, 0.3) is 5.56 Å². The maximum Gasteiger partial charge on any atom is 0.319 e. The summed E-state index contributed by atoms with van der Waals surface area (Å²) in [7, 11) is 0. The number of halogens is 2. The molecule has 0 unspecified atom stereocenters. The Morgan fingerprint density at radius 2 is 1.80 bits per heavy atom. The average Bonchev–Trinajstić information content (AvgIpc) is 3.21. The van der Waals surface area contributed by atoms with Crippen LogP contribution in [0.3, 0.4) is 0 Å². The van der Waals surface area contributed by atoms with Crippen LogP contribution in [0.4, 0.5) is 8.78 Å². The van der Waals surface area contributed by atoms with Gasteiger partial charge in [-0.2, -0.15) is 8.78 Å². The molecule has 0 spiro atoms. The summed E-state index contributed by atoms with van der Waals surface area (Å²) in [4.78, 5) is 22.2. The minimum absolute atomic E-state index is 0.159. The molecule has 0 bridgehead atoms. The van der Waals surface area contributed by atoms with Gasteiger partial charge in [-0.1, -0.05) is 55.9 Å². The van der Waals surface area contributed by atoms with Crippen LogP contribution in [0.2, 0.25) is 0 Å². The molecule has 2 aromatic carbocycles. The van der Waals surface area contributed by atoms with Gasteiger partial charge in [0.1, 0.15) is 5.82 Å². The summed E-state index contributed by atoms with van der Waals surface area (Å²) in [6.07, 6.45) is 2.59. The Kier molecular flexibility index (Phi) is 5.67. The minimum atomic E-state index is -2.67. The van der Waals surface area contributed by atoms with E-state index in [0.29, 0.717) is 16.1 Å². The number of aromatic nitrogens is 4. The first-order valence-electron chi connectivity index (χ1n) is 9.51. The second-order valence-electron chi connectivity index (χ2n) is 7.08. The van der Waals surface area contributed by atoms with Gasteiger partial charge in [-0.15, -0.1) is 0 Å². The zero-order chi connectivity index (χ0) is 21.3. The van der Waals surface area contributed by atoms with Gasteiger partial charge in [-0.25, -0.2) is 9.97 Å². The highest BCUT2D eigenvalue weighted by molar-refractivity contribution is 7.98. The van der Waals surface area contributed by atoms with E-state index in [0.717, 1.165) is 15.8 Å². The van der Waals surface area contributed by atoms with Gasteiger partial charge in [-0.3, -0.25) is 13.9 Å². The maximum absolute atomic E-state index is 13.4. The summed E-state index contributed by atoms with van der Waals surface area (Å²) < 4.78 is 28.8. The SMILES string of the molecule is CC(C)c1ccccc1-n1c(SCc2nccn2C(F)F)nc2ccccc2c1=O. The molecule has 0 radical (unpaired) electrons. The summed E-state index contributed by atoms with van der Waals surface area (Å²) in [5.74, 6) is 0.572. The van der Waals surface area contributed by atoms with E-state index in [9.17, 15) is 13.6 Å². The van der Waals surface area contributed by atoms with Crippen molar-refractivity contribution in [2.45, 2.75) is 37.2 Å². The van der Waals surface area contributed by atoms with Crippen molar-refractivity contribution in [2.24, 2.45) is 0 Å². The highest BCUT2D eigenvalue weighted by atomic mass is 32.2. The molecule has 0 aliphatic rings. The van der Waals surface area contributed by atoms with Crippen LogP contribution in [0.15, 0.2) is 70.9 Å². The number of para-hydroxylation sites is 2. The molecule has 8 heteroatoms. The van der Waals surface area contributed by atoms with Crippen molar-refractivity contribution in [3.8, 4) is 5.69 Å². The van der Waals surface area contributed by atoms with Crippen LogP contribution in [-0.4, -0.2) is 19.1 Å². The summed E-state index contributed by atoms with van der Waals surface area (Å²) in [6.45, 7) is 1.45. The number of hydrogen-bond donors (Lipinski definition) is 0. The van der Waals surface area contributed by atoms with Crippen LogP contribution in [0.1, 0.15) is 37.7 Å². The normalized spacial score (nSPS) is 11.7. The van der Waals surface area contributed by atoms with Gasteiger partial charge in [-0.05, 0) is 29.7 Å². The first kappa shape index (κ1) is 20.3. The smallest absolute Gasteiger partial charge is 0.277 e. The van der Waals surface area contributed by atoms with Gasteiger partial charge < -0.3 is 0 Å². The Hall–Kier alpha value is -3.00. The Bertz CT molecular complexity index is 1250. The van der Waals surface area contributed by atoms with Crippen molar-refractivity contribution in [1.82, 2.24) is 19.1 Å². The number of nitrogens with zero attached hydrogens (tertiary/aromatic N) is 4. The monoisotopic (exact) mass is 426 g/mol. The predicted molar refractivity (Wildman–Crippen MR) is 114 cm³/mol. The standard InChI is InChI=1S/C22H20F2N4OS/c1-14(2)15-7-4-6-10-18(15)28-20(29)16-8-3-5-9-17(16)26-22(28)30-13-19-25-11-12-27(19)21(23)24/h3-12,14,21H,13H2,1-2H3. The van der Waals surface area contributed by atoms with Crippen molar-refractivity contribution in [2.75, 3.05) is 0 Å². The minimum Gasteiger partial charge on any atom is -0.277 e. The molecule has 0 N–H and O–H groups in total. The first-order valence-corrected chi connectivity index (χ1v) is 10.5. The van der Waals surface area contributed by atoms with Crippen LogP contribution in [0.5, 0.6) is 0 Å². The Balaban J connectivity index is 1.87. The molecule has 0 saturated heterocycles. The molecule has 0 fully saturated rings. The van der Waals surface area contributed by atoms with Crippen LogP contribution < -0.4 is 5.56 Å². The van der Waals surface area contributed by atoms with Crippen LogP contribution in [0, 0.1) is 0 Å². The van der Waals surface area contributed by atoms with Gasteiger partial charge in [0.2, 0.25) is 0 Å². The Morgan fingerprint density at radius 1 is 1.07 bits per heavy atom. The maximum atomic E-state index is 13.4. The van der Waals surface area contributed by atoms with E-state index >= 15 is 0 Å². The fourth-order valence-electron chi connectivity index (χ4n) is 3.36. The number of thioether (sulfide) groups is 1. The molecular formula is C22H20F2N4OS. The van der Waals surface area contributed by atoms with Crippen LogP contribution in [-0.2, 0) is 5.75 Å². The zero-order valence-electron chi connectivity index (χ0n) is 16.5. The van der Waals surface area contributed by atoms with E-state index in [-0.39, 0.29) is 23.1 Å². The van der Waals surface area contributed by atoms with Crippen LogP contribution >= 0.6 is 11.8 Å². The molecular weight excluding hydrogens is 406 g/mol. The van der Waals surface area contributed by atoms with Gasteiger partial charge >= 0.3 is 6.55 Å². The van der Waals surface area contributed by atoms with Gasteiger partial charge in [0, 0.05) is 12.4 Å². The first-order chi connectivity index (χ1) is 14.5. The summed E-state index contributed by atoms with van der Waals surface area (Å²) in [5.41, 5.74) is 2.14. The molecule has 4 rings (SSSR count). The molecule has 0 aliphatic carbocycles. The van der Waals surface area contributed by atoms with E-state index in [1.807, 2.05) is 30.3 Å². The number of fused-ring (bicyclic) bond motifs is 1. The lowest BCUT2D eigenvalue weighted by Gasteiger charge is -2.18. The molecule has 2 heterocycles. The Labute approximate surface area is 176 Å². The third kappa shape index (κ3) is 3.75. The van der Waals surface area contributed by atoms with Crippen molar-refractivity contribution in [1.29, 1.82) is 0 Å². The third-order valence-electron chi connectivity index (χ3n) is 4.83. The van der Waals surface area contributed by atoms with E-state index in [4.69, 9.17) is 0 Å². The summed E-state index contributed by atoms with van der Waals surface area (Å²) >= 11 is 1.22. The average molecular weight is 426 g/mol. The molecule has 154 valence electrons. The van der Waals surface area contributed by atoms with E-state index < -0.39 is 6.55 Å². The van der Waals surface area contributed by atoms with Crippen molar-refractivity contribution in [3.63, 3.8) is 0 Å². The predicted octanol–water partition coefficient (Wildman–Crippen LogP) is 5.39. The van der Waals surface area contributed by atoms with E-state index in [1.165, 1.54) is 24.2 Å². The van der Waals surface area contributed by atoms with Crippen molar-refractivity contribution >= 4 is 22.7 Å². The molecule has 0 saturated carbocycles. The zero-order valence-corrected chi connectivity index (χ0v) is 17.3. The topological polar surface area (TPSA) is 52.7 Å². The van der Waals surface area contributed by atoms with Crippen molar-refractivity contribution < 1.29 is 8.78 Å². The summed E-state index contributed by atoms with van der Waals surface area (Å²) in [6, 6.07) is 14.8. The molecule has 5 nitrogen and oxygen atoms in total. The van der Waals surface area contributed by atoms with E-state index in [2.05, 4.69) is 23.8 Å². The molecule has 0 aliphatic heterocycles. The molecule has 2 aromatic heterocycles. The van der Waals surface area contributed by atoms with Crippen molar-refractivity contribution in [3.05, 3.63) is 82.7 Å². The number of benzene rings is 2. The van der Waals surface area contributed by atoms with Crippen LogP contribution in [0.25, 0.3) is 16.6 Å². The fourth-order valence-corrected chi connectivity index (χ4v) is 4.32. The number of hydrogen-bond acceptors (Lipinski definition) is 4. The summed E-state index contributed by atoms with van der Waals surface area (Å²) in [5, 5.41) is 0.949. The lowest BCUT2D eigenvalue weighted by atomic mass is 10.0. The number of rotatable bonds is 6. The number of imidazole rings is 1. The fraction of sp³-hybridized carbons (Fsp3) is 0.227. The highest BCUT2D eigenvalue weighted by Crippen LogP contribution is 2.29. The van der Waals surface area contributed by atoms with Gasteiger partial charge in [0.15, 0.2) is 5.16 Å².